The quantitative estimate of drug-likeness (QED) is 0.357. The molecule has 1 aliphatic rings. The second-order valence-electron chi connectivity index (χ2n) is 4.65. The van der Waals surface area contributed by atoms with E-state index in [9.17, 15) is 14.4 Å². The Hall–Kier alpha value is -2.21. The zero-order valence-corrected chi connectivity index (χ0v) is 10.8. The first-order chi connectivity index (χ1) is 9.63. The molecule has 6 heteroatoms. The number of amides is 2. The number of hydrogen-bond acceptors (Lipinski definition) is 5. The second kappa shape index (κ2) is 6.29. The molecular formula is C14H15NO5. The summed E-state index contributed by atoms with van der Waals surface area (Å²) in [6.07, 6.45) is 3.00. The fourth-order valence-electron chi connectivity index (χ4n) is 2.31. The van der Waals surface area contributed by atoms with E-state index in [0.29, 0.717) is 24.0 Å². The van der Waals surface area contributed by atoms with Gasteiger partial charge in [0.2, 0.25) is 0 Å². The predicted octanol–water partition coefficient (Wildman–Crippen LogP) is 1.69. The van der Waals surface area contributed by atoms with Gasteiger partial charge in [-0.1, -0.05) is 18.6 Å². The Morgan fingerprint density at radius 1 is 1.15 bits per heavy atom. The Labute approximate surface area is 115 Å². The van der Waals surface area contributed by atoms with Gasteiger partial charge in [0.25, 0.3) is 11.8 Å². The van der Waals surface area contributed by atoms with Crippen molar-refractivity contribution in [2.24, 2.45) is 0 Å². The summed E-state index contributed by atoms with van der Waals surface area (Å²) in [5.41, 5.74) is 1.74. The smallest absolute Gasteiger partial charge is 0.301 e. The highest BCUT2D eigenvalue weighted by Gasteiger charge is 2.28. The molecule has 2 N–H and O–H groups in total. The van der Waals surface area contributed by atoms with Crippen LogP contribution in [0, 0.1) is 0 Å². The van der Waals surface area contributed by atoms with Crippen LogP contribution in [0.2, 0.25) is 0 Å². The maximum Gasteiger partial charge on any atom is 0.342 e. The van der Waals surface area contributed by atoms with Gasteiger partial charge in [-0.2, -0.15) is 5.26 Å². The third kappa shape index (κ3) is 3.03. The molecule has 6 nitrogen and oxygen atoms in total. The average molecular weight is 277 g/mol. The summed E-state index contributed by atoms with van der Waals surface area (Å²) in [6.45, 7) is 0. The number of carbonyl (C=O) groups is 3. The zero-order valence-electron chi connectivity index (χ0n) is 10.8. The van der Waals surface area contributed by atoms with E-state index in [2.05, 4.69) is 10.2 Å². The molecule has 0 saturated carbocycles. The summed E-state index contributed by atoms with van der Waals surface area (Å²) in [5, 5.41) is 10.4. The molecule has 1 aromatic rings. The van der Waals surface area contributed by atoms with Gasteiger partial charge in [-0.3, -0.25) is 14.9 Å². The summed E-state index contributed by atoms with van der Waals surface area (Å²) in [6, 6.07) is 5.23. The van der Waals surface area contributed by atoms with Crippen molar-refractivity contribution in [1.82, 2.24) is 5.32 Å². The minimum absolute atomic E-state index is 0.169. The number of carbonyl (C=O) groups excluding carboxylic acids is 3. The third-order valence-electron chi connectivity index (χ3n) is 3.28. The maximum absolute atomic E-state index is 11.7. The van der Waals surface area contributed by atoms with Gasteiger partial charge in [-0.15, -0.1) is 0 Å². The lowest BCUT2D eigenvalue weighted by Gasteiger charge is -2.05. The molecule has 0 fully saturated rings. The molecule has 0 bridgehead atoms. The van der Waals surface area contributed by atoms with E-state index < -0.39 is 5.97 Å². The maximum atomic E-state index is 11.7. The normalized spacial score (nSPS) is 13.1. The number of hydrogen-bond donors (Lipinski definition) is 2. The molecular weight excluding hydrogens is 262 g/mol. The predicted molar refractivity (Wildman–Crippen MR) is 69.1 cm³/mol. The highest BCUT2D eigenvalue weighted by atomic mass is 17.1. The molecule has 2 rings (SSSR count). The Morgan fingerprint density at radius 3 is 2.70 bits per heavy atom. The minimum atomic E-state index is -0.643. The van der Waals surface area contributed by atoms with Crippen molar-refractivity contribution in [3.8, 4) is 0 Å². The number of benzene rings is 1. The molecule has 0 aliphatic carbocycles. The first-order valence-corrected chi connectivity index (χ1v) is 6.45. The van der Waals surface area contributed by atoms with E-state index in [1.807, 2.05) is 6.07 Å². The fourth-order valence-corrected chi connectivity index (χ4v) is 2.31. The monoisotopic (exact) mass is 277 g/mol. The van der Waals surface area contributed by atoms with Gasteiger partial charge in [-0.05, 0) is 30.9 Å². The summed E-state index contributed by atoms with van der Waals surface area (Å²) in [5.74, 6) is -1.34. The van der Waals surface area contributed by atoms with Crippen molar-refractivity contribution < 1.29 is 24.5 Å². The van der Waals surface area contributed by atoms with Crippen molar-refractivity contribution in [2.75, 3.05) is 0 Å². The van der Waals surface area contributed by atoms with Crippen molar-refractivity contribution >= 4 is 17.8 Å². The highest BCUT2D eigenvalue weighted by Crippen LogP contribution is 2.21. The molecule has 2 amide bonds. The van der Waals surface area contributed by atoms with Gasteiger partial charge in [0, 0.05) is 6.42 Å². The largest absolute Gasteiger partial charge is 0.342 e. The fraction of sp³-hybridized carbons (Fsp3) is 0.357. The SMILES string of the molecule is O=C(CCCCCc1cccc2c1C(=O)NC2=O)OO. The molecule has 1 aromatic carbocycles. The number of rotatable bonds is 6. The first-order valence-electron chi connectivity index (χ1n) is 6.45. The highest BCUT2D eigenvalue weighted by molar-refractivity contribution is 6.22. The van der Waals surface area contributed by atoms with Gasteiger partial charge >= 0.3 is 5.97 Å². The van der Waals surface area contributed by atoms with Crippen LogP contribution in [-0.4, -0.2) is 23.0 Å². The van der Waals surface area contributed by atoms with Crippen molar-refractivity contribution in [2.45, 2.75) is 32.1 Å². The molecule has 106 valence electrons. The first kappa shape index (κ1) is 14.2. The molecule has 20 heavy (non-hydrogen) atoms. The van der Waals surface area contributed by atoms with Crippen LogP contribution in [0.5, 0.6) is 0 Å². The lowest BCUT2D eigenvalue weighted by atomic mass is 9.98. The van der Waals surface area contributed by atoms with E-state index >= 15 is 0 Å². The topological polar surface area (TPSA) is 92.7 Å². The van der Waals surface area contributed by atoms with Crippen LogP contribution in [0.1, 0.15) is 52.0 Å². The summed E-state index contributed by atoms with van der Waals surface area (Å²) in [4.78, 5) is 37.5. The van der Waals surface area contributed by atoms with Gasteiger partial charge in [0.05, 0.1) is 11.1 Å². The molecule has 0 radical (unpaired) electrons. The summed E-state index contributed by atoms with van der Waals surface area (Å²) >= 11 is 0. The van der Waals surface area contributed by atoms with Crippen LogP contribution in [0.15, 0.2) is 18.2 Å². The lowest BCUT2D eigenvalue weighted by Crippen LogP contribution is -2.20. The molecule has 1 heterocycles. The van der Waals surface area contributed by atoms with E-state index in [1.54, 1.807) is 12.1 Å². The number of unbranched alkanes of at least 4 members (excludes halogenated alkanes) is 2. The Bertz CT molecular complexity index is 552. The van der Waals surface area contributed by atoms with Crippen molar-refractivity contribution in [1.29, 1.82) is 0 Å². The van der Waals surface area contributed by atoms with Crippen LogP contribution in [0.4, 0.5) is 0 Å². The molecule has 0 saturated heterocycles. The lowest BCUT2D eigenvalue weighted by molar-refractivity contribution is -0.234. The molecule has 0 unspecified atom stereocenters. The Kier molecular flexibility index (Phi) is 4.47. The Balaban J connectivity index is 1.90. The Morgan fingerprint density at radius 2 is 1.95 bits per heavy atom. The second-order valence-corrected chi connectivity index (χ2v) is 4.65. The van der Waals surface area contributed by atoms with Gasteiger partial charge in [0.1, 0.15) is 0 Å². The van der Waals surface area contributed by atoms with Crippen LogP contribution >= 0.6 is 0 Å². The van der Waals surface area contributed by atoms with E-state index in [-0.39, 0.29) is 18.2 Å². The van der Waals surface area contributed by atoms with E-state index in [4.69, 9.17) is 5.26 Å². The summed E-state index contributed by atoms with van der Waals surface area (Å²) < 4.78 is 0. The average Bonchev–Trinajstić information content (AvgIpc) is 2.74. The number of aryl methyl sites for hydroxylation is 1. The van der Waals surface area contributed by atoms with Gasteiger partial charge in [-0.25, -0.2) is 4.79 Å². The van der Waals surface area contributed by atoms with Crippen LogP contribution in [-0.2, 0) is 16.1 Å². The zero-order chi connectivity index (χ0) is 14.5. The number of fused-ring (bicyclic) bond motifs is 1. The molecule has 0 spiro atoms. The van der Waals surface area contributed by atoms with E-state index in [1.165, 1.54) is 0 Å². The van der Waals surface area contributed by atoms with Crippen LogP contribution < -0.4 is 5.32 Å². The number of nitrogens with one attached hydrogen (secondary N) is 1. The van der Waals surface area contributed by atoms with Crippen LogP contribution in [0.3, 0.4) is 0 Å². The summed E-state index contributed by atoms with van der Waals surface area (Å²) in [7, 11) is 0. The standard InChI is InChI=1S/C14H15NO5/c16-11(20-19)8-3-1-2-5-9-6-4-7-10-12(9)14(18)15-13(10)17/h4,6-7,19H,1-3,5,8H2,(H,15,17,18). The molecule has 0 aromatic heterocycles. The van der Waals surface area contributed by atoms with Crippen LogP contribution in [0.25, 0.3) is 0 Å². The van der Waals surface area contributed by atoms with E-state index in [0.717, 1.165) is 18.4 Å². The molecule has 0 atom stereocenters. The number of imide groups is 1. The third-order valence-corrected chi connectivity index (χ3v) is 3.28. The molecule has 1 aliphatic heterocycles. The minimum Gasteiger partial charge on any atom is -0.301 e. The van der Waals surface area contributed by atoms with Crippen molar-refractivity contribution in [3.05, 3.63) is 34.9 Å². The van der Waals surface area contributed by atoms with Crippen molar-refractivity contribution in [3.63, 3.8) is 0 Å². The van der Waals surface area contributed by atoms with Gasteiger partial charge < -0.3 is 4.89 Å². The van der Waals surface area contributed by atoms with Gasteiger partial charge in [0.15, 0.2) is 0 Å².